The van der Waals surface area contributed by atoms with Crippen molar-refractivity contribution in [3.05, 3.63) is 10.6 Å². The molecule has 192 valence electrons. The van der Waals surface area contributed by atoms with E-state index in [-0.39, 0.29) is 28.1 Å². The van der Waals surface area contributed by atoms with Crippen molar-refractivity contribution in [3.8, 4) is 0 Å². The van der Waals surface area contributed by atoms with Gasteiger partial charge >= 0.3 is 0 Å². The van der Waals surface area contributed by atoms with E-state index in [0.29, 0.717) is 45.1 Å². The van der Waals surface area contributed by atoms with E-state index in [0.717, 1.165) is 50.4 Å². The standard InChI is InChI=1S/C23H40N6O4S/c1-4-5-7-17(22(31)26-9-8-16(2)3)29(11-6-10-28-12-14-33-15-13-28)23(32)20-18(24)19(21(25)30)27-34-20/h16-17H,4-15,24H2,1-3H3,(H2,25,30)(H,26,31)/t17-/m1/s1. The maximum atomic E-state index is 13.6. The lowest BCUT2D eigenvalue weighted by atomic mass is 10.1. The minimum absolute atomic E-state index is 0.0184. The summed E-state index contributed by atoms with van der Waals surface area (Å²) in [5, 5.41) is 3.01. The first-order valence-corrected chi connectivity index (χ1v) is 13.0. The zero-order valence-electron chi connectivity index (χ0n) is 20.7. The summed E-state index contributed by atoms with van der Waals surface area (Å²) in [7, 11) is 0. The van der Waals surface area contributed by atoms with Crippen molar-refractivity contribution in [3.63, 3.8) is 0 Å². The van der Waals surface area contributed by atoms with Crippen LogP contribution in [0.4, 0.5) is 5.69 Å². The molecule has 1 atom stereocenters. The van der Waals surface area contributed by atoms with Gasteiger partial charge in [0.1, 0.15) is 10.9 Å². The maximum absolute atomic E-state index is 13.6. The molecule has 0 spiro atoms. The second-order valence-electron chi connectivity index (χ2n) is 9.08. The maximum Gasteiger partial charge on any atom is 0.270 e. The molecule has 1 fully saturated rings. The van der Waals surface area contributed by atoms with Crippen LogP contribution in [0.25, 0.3) is 0 Å². The average Bonchev–Trinajstić information content (AvgIpc) is 3.19. The van der Waals surface area contributed by atoms with Gasteiger partial charge in [0.05, 0.1) is 18.9 Å². The van der Waals surface area contributed by atoms with Crippen LogP contribution in [-0.4, -0.2) is 83.9 Å². The third-order valence-corrected chi connectivity index (χ3v) is 6.78. The summed E-state index contributed by atoms with van der Waals surface area (Å²) < 4.78 is 9.39. The number of hydrogen-bond donors (Lipinski definition) is 3. The highest BCUT2D eigenvalue weighted by Gasteiger charge is 2.33. The van der Waals surface area contributed by atoms with Gasteiger partial charge in [0.2, 0.25) is 5.91 Å². The zero-order chi connectivity index (χ0) is 25.1. The highest BCUT2D eigenvalue weighted by atomic mass is 32.1. The van der Waals surface area contributed by atoms with E-state index in [9.17, 15) is 14.4 Å². The van der Waals surface area contributed by atoms with Crippen LogP contribution in [0, 0.1) is 5.92 Å². The summed E-state index contributed by atoms with van der Waals surface area (Å²) in [6.45, 7) is 11.1. The number of carbonyl (C=O) groups excluding carboxylic acids is 3. The number of unbranched alkanes of at least 4 members (excludes halogenated alkanes) is 1. The Morgan fingerprint density at radius 3 is 2.50 bits per heavy atom. The number of primary amides is 1. The molecule has 5 N–H and O–H groups in total. The van der Waals surface area contributed by atoms with Gasteiger partial charge in [0, 0.05) is 32.7 Å². The number of aromatic nitrogens is 1. The van der Waals surface area contributed by atoms with Gasteiger partial charge in [0.15, 0.2) is 5.69 Å². The second-order valence-corrected chi connectivity index (χ2v) is 9.85. The Hall–Kier alpha value is -2.24. The molecule has 10 nitrogen and oxygen atoms in total. The van der Waals surface area contributed by atoms with Crippen molar-refractivity contribution in [2.75, 3.05) is 51.7 Å². The highest BCUT2D eigenvalue weighted by molar-refractivity contribution is 7.09. The number of nitrogens with one attached hydrogen (secondary N) is 1. The largest absolute Gasteiger partial charge is 0.395 e. The highest BCUT2D eigenvalue weighted by Crippen LogP contribution is 2.25. The lowest BCUT2D eigenvalue weighted by molar-refractivity contribution is -0.126. The van der Waals surface area contributed by atoms with Gasteiger partial charge in [-0.05, 0) is 36.7 Å². The van der Waals surface area contributed by atoms with Crippen LogP contribution in [0.5, 0.6) is 0 Å². The molecule has 2 rings (SSSR count). The van der Waals surface area contributed by atoms with E-state index in [1.54, 1.807) is 4.90 Å². The molecule has 0 aliphatic carbocycles. The fourth-order valence-corrected chi connectivity index (χ4v) is 4.64. The molecule has 2 heterocycles. The summed E-state index contributed by atoms with van der Waals surface area (Å²) in [4.78, 5) is 42.5. The Bertz CT molecular complexity index is 809. The van der Waals surface area contributed by atoms with E-state index in [4.69, 9.17) is 16.2 Å². The Labute approximate surface area is 206 Å². The minimum Gasteiger partial charge on any atom is -0.395 e. The third-order valence-electron chi connectivity index (χ3n) is 5.92. The van der Waals surface area contributed by atoms with E-state index >= 15 is 0 Å². The van der Waals surface area contributed by atoms with E-state index in [2.05, 4.69) is 35.4 Å². The number of morpholine rings is 1. The number of carbonyl (C=O) groups is 3. The predicted octanol–water partition coefficient (Wildman–Crippen LogP) is 1.71. The molecule has 3 amide bonds. The molecule has 0 unspecified atom stereocenters. The lowest BCUT2D eigenvalue weighted by Gasteiger charge is -2.32. The molecular formula is C23H40N6O4S. The van der Waals surface area contributed by atoms with Crippen molar-refractivity contribution in [2.45, 2.75) is 58.9 Å². The molecule has 34 heavy (non-hydrogen) atoms. The third kappa shape index (κ3) is 8.21. The molecule has 0 saturated carbocycles. The quantitative estimate of drug-likeness (QED) is 0.356. The van der Waals surface area contributed by atoms with Crippen LogP contribution >= 0.6 is 11.5 Å². The van der Waals surface area contributed by atoms with Gasteiger partial charge in [-0.25, -0.2) is 0 Å². The topological polar surface area (TPSA) is 144 Å². The van der Waals surface area contributed by atoms with Gasteiger partial charge in [-0.1, -0.05) is 33.6 Å². The molecule has 0 radical (unpaired) electrons. The fraction of sp³-hybridized carbons (Fsp3) is 0.739. The van der Waals surface area contributed by atoms with Gasteiger partial charge in [-0.2, -0.15) is 4.37 Å². The van der Waals surface area contributed by atoms with Crippen molar-refractivity contribution < 1.29 is 19.1 Å². The first kappa shape index (κ1) is 28.0. The zero-order valence-corrected chi connectivity index (χ0v) is 21.5. The molecule has 1 saturated heterocycles. The fourth-order valence-electron chi connectivity index (χ4n) is 3.88. The number of ether oxygens (including phenoxy) is 1. The second kappa shape index (κ2) is 14.2. The van der Waals surface area contributed by atoms with Crippen LogP contribution in [-0.2, 0) is 9.53 Å². The first-order valence-electron chi connectivity index (χ1n) is 12.2. The summed E-state index contributed by atoms with van der Waals surface area (Å²) in [5.41, 5.74) is 11.3. The molecule has 1 aromatic heterocycles. The SMILES string of the molecule is CCCC[C@H](C(=O)NCCC(C)C)N(CCCN1CCOCC1)C(=O)c1snc(C(N)=O)c1N. The number of rotatable bonds is 14. The molecule has 1 aliphatic rings. The number of hydrogen-bond acceptors (Lipinski definition) is 8. The number of anilines is 1. The van der Waals surface area contributed by atoms with Crippen molar-refractivity contribution in [1.29, 1.82) is 0 Å². The van der Waals surface area contributed by atoms with Gasteiger partial charge in [-0.3, -0.25) is 19.3 Å². The monoisotopic (exact) mass is 496 g/mol. The van der Waals surface area contributed by atoms with E-state index in [1.165, 1.54) is 0 Å². The Balaban J connectivity index is 2.24. The minimum atomic E-state index is -0.777. The summed E-state index contributed by atoms with van der Waals surface area (Å²) in [6.07, 6.45) is 3.82. The van der Waals surface area contributed by atoms with Crippen LogP contribution < -0.4 is 16.8 Å². The smallest absolute Gasteiger partial charge is 0.270 e. The van der Waals surface area contributed by atoms with Crippen LogP contribution in [0.1, 0.15) is 73.0 Å². The molecular weight excluding hydrogens is 456 g/mol. The van der Waals surface area contributed by atoms with E-state index in [1.807, 2.05) is 0 Å². The number of nitrogens with two attached hydrogens (primary N) is 2. The summed E-state index contributed by atoms with van der Waals surface area (Å²) >= 11 is 0.851. The van der Waals surface area contributed by atoms with Crippen LogP contribution in [0.3, 0.4) is 0 Å². The van der Waals surface area contributed by atoms with Crippen LogP contribution in [0.15, 0.2) is 0 Å². The summed E-state index contributed by atoms with van der Waals surface area (Å²) in [6, 6.07) is -0.622. The van der Waals surface area contributed by atoms with Gasteiger partial charge in [0.25, 0.3) is 11.8 Å². The van der Waals surface area contributed by atoms with Gasteiger partial charge in [-0.15, -0.1) is 0 Å². The molecule has 11 heteroatoms. The predicted molar refractivity (Wildman–Crippen MR) is 134 cm³/mol. The van der Waals surface area contributed by atoms with Gasteiger partial charge < -0.3 is 26.4 Å². The Morgan fingerprint density at radius 2 is 1.91 bits per heavy atom. The first-order chi connectivity index (χ1) is 16.3. The lowest BCUT2D eigenvalue weighted by Crippen LogP contribution is -2.50. The molecule has 0 bridgehead atoms. The summed E-state index contributed by atoms with van der Waals surface area (Å²) in [5.74, 6) is -0.859. The Morgan fingerprint density at radius 1 is 1.21 bits per heavy atom. The molecule has 1 aliphatic heterocycles. The number of nitrogen functional groups attached to an aromatic ring is 1. The normalized spacial score (nSPS) is 15.3. The molecule has 1 aromatic rings. The van der Waals surface area contributed by atoms with Crippen LogP contribution in [0.2, 0.25) is 0 Å². The van der Waals surface area contributed by atoms with Crippen molar-refractivity contribution in [2.24, 2.45) is 11.7 Å². The Kier molecular flexibility index (Phi) is 11.7. The number of amides is 3. The van der Waals surface area contributed by atoms with Crippen molar-refractivity contribution >= 4 is 34.9 Å². The number of nitrogens with zero attached hydrogens (tertiary/aromatic N) is 3. The van der Waals surface area contributed by atoms with Crippen molar-refractivity contribution in [1.82, 2.24) is 19.5 Å². The molecule has 0 aromatic carbocycles. The average molecular weight is 497 g/mol. The van der Waals surface area contributed by atoms with E-state index < -0.39 is 11.9 Å².